The van der Waals surface area contributed by atoms with Crippen LogP contribution in [0.1, 0.15) is 27.8 Å². The van der Waals surface area contributed by atoms with Crippen LogP contribution in [0.5, 0.6) is 0 Å². The van der Waals surface area contributed by atoms with Crippen molar-refractivity contribution in [3.63, 3.8) is 0 Å². The number of aliphatic hydroxyl groups is 1. The van der Waals surface area contributed by atoms with E-state index < -0.39 is 17.7 Å². The van der Waals surface area contributed by atoms with E-state index in [1.54, 1.807) is 36.4 Å². The number of benzene rings is 1. The van der Waals surface area contributed by atoms with Gasteiger partial charge in [0.1, 0.15) is 17.6 Å². The van der Waals surface area contributed by atoms with Gasteiger partial charge >= 0.3 is 0 Å². The van der Waals surface area contributed by atoms with E-state index in [1.165, 1.54) is 22.5 Å². The number of thiophene rings is 1. The molecule has 0 saturated carbocycles. The molecule has 0 radical (unpaired) electrons. The fraction of sp³-hybridized carbons (Fsp3) is 0.143. The molecule has 2 aromatic heterocycles. The van der Waals surface area contributed by atoms with Crippen LogP contribution in [0.4, 0.5) is 0 Å². The maximum absolute atomic E-state index is 12.9. The molecule has 1 saturated heterocycles. The molecule has 1 N–H and O–H groups in total. The van der Waals surface area contributed by atoms with Gasteiger partial charge in [0.2, 0.25) is 0 Å². The average molecular weight is 458 g/mol. The van der Waals surface area contributed by atoms with Crippen LogP contribution in [0, 0.1) is 6.92 Å². The van der Waals surface area contributed by atoms with E-state index in [4.69, 9.17) is 4.42 Å². The van der Waals surface area contributed by atoms with Gasteiger partial charge in [-0.25, -0.2) is 0 Å². The zero-order valence-corrected chi connectivity index (χ0v) is 17.3. The van der Waals surface area contributed by atoms with Gasteiger partial charge < -0.3 is 14.4 Å². The quantitative estimate of drug-likeness (QED) is 0.338. The van der Waals surface area contributed by atoms with Gasteiger partial charge in [-0.1, -0.05) is 28.1 Å². The summed E-state index contributed by atoms with van der Waals surface area (Å²) in [5.74, 6) is -0.937. The predicted octanol–water partition coefficient (Wildman–Crippen LogP) is 5.03. The van der Waals surface area contributed by atoms with Crippen molar-refractivity contribution in [3.8, 4) is 0 Å². The van der Waals surface area contributed by atoms with Gasteiger partial charge in [-0.2, -0.15) is 0 Å². The highest BCUT2D eigenvalue weighted by Crippen LogP contribution is 2.43. The van der Waals surface area contributed by atoms with Crippen LogP contribution in [0.25, 0.3) is 5.76 Å². The minimum Gasteiger partial charge on any atom is -0.507 e. The Morgan fingerprint density at radius 2 is 1.96 bits per heavy atom. The normalized spacial score (nSPS) is 18.8. The van der Waals surface area contributed by atoms with Crippen molar-refractivity contribution in [2.24, 2.45) is 0 Å². The average Bonchev–Trinajstić information content (AvgIpc) is 3.39. The minimum atomic E-state index is -0.690. The predicted molar refractivity (Wildman–Crippen MR) is 110 cm³/mol. The number of rotatable bonds is 4. The molecule has 142 valence electrons. The molecule has 1 aromatic carbocycles. The van der Waals surface area contributed by atoms with E-state index in [0.29, 0.717) is 11.3 Å². The molecule has 1 unspecified atom stereocenters. The molecule has 1 fully saturated rings. The minimum absolute atomic E-state index is 0.101. The number of amides is 1. The Hall–Kier alpha value is -2.64. The molecule has 28 heavy (non-hydrogen) atoms. The van der Waals surface area contributed by atoms with E-state index in [0.717, 1.165) is 14.9 Å². The largest absolute Gasteiger partial charge is 0.507 e. The second kappa shape index (κ2) is 7.41. The van der Waals surface area contributed by atoms with Gasteiger partial charge in [0.25, 0.3) is 11.7 Å². The lowest BCUT2D eigenvalue weighted by Gasteiger charge is -2.24. The molecular weight excluding hydrogens is 442 g/mol. The summed E-state index contributed by atoms with van der Waals surface area (Å²) < 4.78 is 6.24. The summed E-state index contributed by atoms with van der Waals surface area (Å²) in [6, 6.07) is 11.7. The number of hydrogen-bond donors (Lipinski definition) is 1. The van der Waals surface area contributed by atoms with Crippen molar-refractivity contribution in [1.82, 2.24) is 4.90 Å². The molecule has 1 aliphatic heterocycles. The number of carbonyl (C=O) groups excluding carboxylic acids is 2. The smallest absolute Gasteiger partial charge is 0.296 e. The van der Waals surface area contributed by atoms with E-state index in [2.05, 4.69) is 15.9 Å². The van der Waals surface area contributed by atoms with Crippen LogP contribution in [0.3, 0.4) is 0 Å². The summed E-state index contributed by atoms with van der Waals surface area (Å²) in [6.45, 7) is 2.08. The first kappa shape index (κ1) is 18.7. The highest BCUT2D eigenvalue weighted by Gasteiger charge is 2.47. The first-order valence-corrected chi connectivity index (χ1v) is 10.3. The number of halogens is 1. The summed E-state index contributed by atoms with van der Waals surface area (Å²) in [4.78, 5) is 28.0. The maximum atomic E-state index is 12.9. The molecule has 1 amide bonds. The highest BCUT2D eigenvalue weighted by molar-refractivity contribution is 9.10. The van der Waals surface area contributed by atoms with Crippen molar-refractivity contribution < 1.29 is 19.1 Å². The lowest BCUT2D eigenvalue weighted by Crippen LogP contribution is -2.28. The third-order valence-corrected chi connectivity index (χ3v) is 6.31. The molecule has 0 aliphatic carbocycles. The summed E-state index contributed by atoms with van der Waals surface area (Å²) in [7, 11) is 0. The summed E-state index contributed by atoms with van der Waals surface area (Å²) in [5, 5.41) is 12.9. The van der Waals surface area contributed by atoms with Crippen LogP contribution < -0.4 is 0 Å². The molecule has 1 aliphatic rings. The van der Waals surface area contributed by atoms with Crippen LogP contribution in [0.2, 0.25) is 0 Å². The van der Waals surface area contributed by atoms with E-state index >= 15 is 0 Å². The van der Waals surface area contributed by atoms with Gasteiger partial charge in [0.05, 0.1) is 18.4 Å². The van der Waals surface area contributed by atoms with Gasteiger partial charge in [-0.3, -0.25) is 9.59 Å². The topological polar surface area (TPSA) is 70.8 Å². The van der Waals surface area contributed by atoms with Gasteiger partial charge in [0.15, 0.2) is 0 Å². The van der Waals surface area contributed by atoms with Gasteiger partial charge in [-0.05, 0) is 48.2 Å². The van der Waals surface area contributed by atoms with Gasteiger partial charge in [-0.15, -0.1) is 11.3 Å². The third-order valence-electron chi connectivity index (χ3n) is 4.71. The Labute approximate surface area is 174 Å². The first-order chi connectivity index (χ1) is 13.5. The third kappa shape index (κ3) is 3.21. The Morgan fingerprint density at radius 3 is 2.57 bits per heavy atom. The Bertz CT molecular complexity index is 1070. The first-order valence-electron chi connectivity index (χ1n) is 8.58. The molecular formula is C21H16BrNO4S. The fourth-order valence-electron chi connectivity index (χ4n) is 3.31. The maximum Gasteiger partial charge on any atom is 0.296 e. The zero-order valence-electron chi connectivity index (χ0n) is 14.9. The molecule has 3 heterocycles. The Morgan fingerprint density at radius 1 is 1.21 bits per heavy atom. The van der Waals surface area contributed by atoms with Crippen LogP contribution in [0.15, 0.2) is 68.6 Å². The molecule has 0 spiro atoms. The number of aliphatic hydroxyl groups excluding tert-OH is 1. The summed E-state index contributed by atoms with van der Waals surface area (Å²) in [5.41, 5.74) is 1.55. The fourth-order valence-corrected chi connectivity index (χ4v) is 4.62. The van der Waals surface area contributed by atoms with Crippen LogP contribution >= 0.6 is 27.3 Å². The van der Waals surface area contributed by atoms with Crippen molar-refractivity contribution in [2.45, 2.75) is 19.5 Å². The summed E-state index contributed by atoms with van der Waals surface area (Å²) in [6.07, 6.45) is 1.53. The van der Waals surface area contributed by atoms with Crippen LogP contribution in [-0.4, -0.2) is 21.7 Å². The van der Waals surface area contributed by atoms with Crippen molar-refractivity contribution in [3.05, 3.63) is 85.9 Å². The SMILES string of the molecule is Cc1ccsc1C1C(=C(O)c2ccc(Br)cc2)C(=O)C(=O)N1Cc1ccco1. The molecule has 7 heteroatoms. The number of hydrogen-bond acceptors (Lipinski definition) is 5. The number of nitrogens with zero attached hydrogens (tertiary/aromatic N) is 1. The van der Waals surface area contributed by atoms with Crippen molar-refractivity contribution in [1.29, 1.82) is 0 Å². The zero-order chi connectivity index (χ0) is 19.8. The van der Waals surface area contributed by atoms with E-state index in [-0.39, 0.29) is 17.9 Å². The molecule has 5 nitrogen and oxygen atoms in total. The Kier molecular flexibility index (Phi) is 4.95. The number of Topliss-reactive ketones (excluding diaryl/α,β-unsaturated/α-hetero) is 1. The monoisotopic (exact) mass is 457 g/mol. The Balaban J connectivity index is 1.87. The standard InChI is InChI=1S/C21H16BrNO4S/c1-12-8-10-28-20(12)17-16(18(24)13-4-6-14(22)7-5-13)19(25)21(26)23(17)11-15-3-2-9-27-15/h2-10,17,24H,11H2,1H3. The highest BCUT2D eigenvalue weighted by atomic mass is 79.9. The second-order valence-electron chi connectivity index (χ2n) is 6.48. The van der Waals surface area contributed by atoms with E-state index in [1.807, 2.05) is 18.4 Å². The lowest BCUT2D eigenvalue weighted by molar-refractivity contribution is -0.140. The number of carbonyl (C=O) groups is 2. The van der Waals surface area contributed by atoms with E-state index in [9.17, 15) is 14.7 Å². The molecule has 0 bridgehead atoms. The van der Waals surface area contributed by atoms with Crippen molar-refractivity contribution >= 4 is 44.7 Å². The second-order valence-corrected chi connectivity index (χ2v) is 8.34. The van der Waals surface area contributed by atoms with Crippen LogP contribution in [-0.2, 0) is 16.1 Å². The van der Waals surface area contributed by atoms with Gasteiger partial charge in [0, 0.05) is 14.9 Å². The number of likely N-dealkylation sites (tertiary alicyclic amines) is 1. The lowest BCUT2D eigenvalue weighted by atomic mass is 9.98. The molecule has 4 rings (SSSR count). The number of aryl methyl sites for hydroxylation is 1. The molecule has 3 aromatic rings. The number of furan rings is 1. The summed E-state index contributed by atoms with van der Waals surface area (Å²) >= 11 is 4.82. The number of ketones is 1. The van der Waals surface area contributed by atoms with Crippen molar-refractivity contribution in [2.75, 3.05) is 0 Å². The molecule has 1 atom stereocenters.